The Hall–Kier alpha value is -1.17. The number of thiophene rings is 1. The first-order chi connectivity index (χ1) is 9.86. The van der Waals surface area contributed by atoms with E-state index in [0.29, 0.717) is 5.92 Å². The minimum atomic E-state index is 0.200. The number of rotatable bonds is 6. The van der Waals surface area contributed by atoms with Crippen molar-refractivity contribution >= 4 is 11.3 Å². The van der Waals surface area contributed by atoms with E-state index < -0.39 is 0 Å². The van der Waals surface area contributed by atoms with Gasteiger partial charge in [-0.1, -0.05) is 6.07 Å². The first-order valence-electron chi connectivity index (χ1n) is 7.24. The third-order valence-electron chi connectivity index (χ3n) is 3.81. The molecule has 0 aromatic carbocycles. The number of hydrogen-bond donors (Lipinski definition) is 1. The van der Waals surface area contributed by atoms with Gasteiger partial charge in [0.15, 0.2) is 0 Å². The van der Waals surface area contributed by atoms with E-state index in [1.807, 2.05) is 10.9 Å². The molecule has 4 nitrogen and oxygen atoms in total. The summed E-state index contributed by atoms with van der Waals surface area (Å²) in [6.45, 7) is 5.82. The summed E-state index contributed by atoms with van der Waals surface area (Å²) in [6, 6.07) is 4.27. The van der Waals surface area contributed by atoms with Gasteiger partial charge in [-0.3, -0.25) is 4.68 Å². The van der Waals surface area contributed by atoms with Crippen LogP contribution in [0.15, 0.2) is 29.9 Å². The second kappa shape index (κ2) is 6.52. The normalized spacial score (nSPS) is 22.4. The average molecular weight is 291 g/mol. The molecule has 1 aliphatic heterocycles. The molecule has 108 valence electrons. The van der Waals surface area contributed by atoms with Gasteiger partial charge in [-0.15, -0.1) is 11.3 Å². The predicted molar refractivity (Wildman–Crippen MR) is 80.7 cm³/mol. The van der Waals surface area contributed by atoms with Crippen LogP contribution in [0.4, 0.5) is 0 Å². The number of hydrogen-bond acceptors (Lipinski definition) is 4. The lowest BCUT2D eigenvalue weighted by molar-refractivity contribution is 0.0904. The second-order valence-electron chi connectivity index (χ2n) is 5.18. The summed E-state index contributed by atoms with van der Waals surface area (Å²) >= 11 is 1.80. The van der Waals surface area contributed by atoms with E-state index in [0.717, 1.165) is 32.7 Å². The zero-order chi connectivity index (χ0) is 13.8. The van der Waals surface area contributed by atoms with E-state index in [1.54, 1.807) is 11.3 Å². The minimum Gasteiger partial charge on any atom is -0.373 e. The van der Waals surface area contributed by atoms with Crippen LogP contribution in [0.2, 0.25) is 0 Å². The SMILES string of the molecule is CCn1cc(C2OCCC2CNCc2cccs2)cn1. The third-order valence-corrected chi connectivity index (χ3v) is 4.68. The Morgan fingerprint density at radius 2 is 2.50 bits per heavy atom. The fraction of sp³-hybridized carbons (Fsp3) is 0.533. The van der Waals surface area contributed by atoms with Gasteiger partial charge in [0.1, 0.15) is 0 Å². The number of nitrogens with one attached hydrogen (secondary N) is 1. The first kappa shape index (κ1) is 13.8. The molecule has 0 aliphatic carbocycles. The molecule has 1 fully saturated rings. The minimum absolute atomic E-state index is 0.200. The van der Waals surface area contributed by atoms with Crippen LogP contribution in [-0.2, 0) is 17.8 Å². The van der Waals surface area contributed by atoms with E-state index in [1.165, 1.54) is 10.4 Å². The van der Waals surface area contributed by atoms with Crippen molar-refractivity contribution in [2.45, 2.75) is 32.5 Å². The molecule has 1 saturated heterocycles. The van der Waals surface area contributed by atoms with Crippen molar-refractivity contribution in [1.82, 2.24) is 15.1 Å². The highest BCUT2D eigenvalue weighted by Crippen LogP contribution is 2.33. The molecule has 1 N–H and O–H groups in total. The lowest BCUT2D eigenvalue weighted by Crippen LogP contribution is -2.24. The van der Waals surface area contributed by atoms with E-state index in [4.69, 9.17) is 4.74 Å². The van der Waals surface area contributed by atoms with Crippen molar-refractivity contribution in [3.05, 3.63) is 40.3 Å². The van der Waals surface area contributed by atoms with Crippen molar-refractivity contribution in [1.29, 1.82) is 0 Å². The van der Waals surface area contributed by atoms with Crippen molar-refractivity contribution in [3.8, 4) is 0 Å². The number of ether oxygens (including phenoxy) is 1. The summed E-state index contributed by atoms with van der Waals surface area (Å²) in [6.07, 6.45) is 5.39. The van der Waals surface area contributed by atoms with Crippen LogP contribution in [-0.4, -0.2) is 22.9 Å². The third kappa shape index (κ3) is 3.11. The van der Waals surface area contributed by atoms with Crippen molar-refractivity contribution in [2.75, 3.05) is 13.2 Å². The molecule has 5 heteroatoms. The van der Waals surface area contributed by atoms with E-state index in [-0.39, 0.29) is 6.10 Å². The van der Waals surface area contributed by atoms with E-state index in [9.17, 15) is 0 Å². The van der Waals surface area contributed by atoms with Gasteiger partial charge < -0.3 is 10.1 Å². The molecule has 0 bridgehead atoms. The quantitative estimate of drug-likeness (QED) is 0.889. The van der Waals surface area contributed by atoms with Gasteiger partial charge in [0.25, 0.3) is 0 Å². The van der Waals surface area contributed by atoms with Crippen molar-refractivity contribution < 1.29 is 4.74 Å². The van der Waals surface area contributed by atoms with Crippen LogP contribution in [0, 0.1) is 5.92 Å². The summed E-state index contributed by atoms with van der Waals surface area (Å²) in [7, 11) is 0. The summed E-state index contributed by atoms with van der Waals surface area (Å²) < 4.78 is 7.87. The first-order valence-corrected chi connectivity index (χ1v) is 8.12. The largest absolute Gasteiger partial charge is 0.373 e. The zero-order valence-corrected chi connectivity index (χ0v) is 12.6. The van der Waals surface area contributed by atoms with Crippen LogP contribution in [0.3, 0.4) is 0 Å². The fourth-order valence-corrected chi connectivity index (χ4v) is 3.38. The smallest absolute Gasteiger partial charge is 0.0896 e. The molecule has 3 heterocycles. The average Bonchev–Trinajstić information content (AvgIpc) is 3.20. The second-order valence-corrected chi connectivity index (χ2v) is 6.21. The molecular weight excluding hydrogens is 270 g/mol. The molecular formula is C15H21N3OS. The molecule has 0 spiro atoms. The summed E-state index contributed by atoms with van der Waals surface area (Å²) in [5.41, 5.74) is 1.22. The molecule has 0 radical (unpaired) electrons. The topological polar surface area (TPSA) is 39.1 Å². The van der Waals surface area contributed by atoms with Gasteiger partial charge in [-0.05, 0) is 24.8 Å². The standard InChI is InChI=1S/C15H21N3OS/c1-2-18-11-13(9-17-18)15-12(5-6-19-15)8-16-10-14-4-3-7-20-14/h3-4,7,9,11-12,15-16H,2,5-6,8,10H2,1H3. The van der Waals surface area contributed by atoms with Gasteiger partial charge in [-0.25, -0.2) is 0 Å². The summed E-state index contributed by atoms with van der Waals surface area (Å²) in [5, 5.41) is 10.0. The van der Waals surface area contributed by atoms with Gasteiger partial charge >= 0.3 is 0 Å². The Balaban J connectivity index is 1.55. The maximum Gasteiger partial charge on any atom is 0.0896 e. The van der Waals surface area contributed by atoms with Gasteiger partial charge in [0.05, 0.1) is 12.3 Å². The Labute approximate surface area is 123 Å². The number of aromatic nitrogens is 2. The zero-order valence-electron chi connectivity index (χ0n) is 11.8. The van der Waals surface area contributed by atoms with Gasteiger partial charge in [0.2, 0.25) is 0 Å². The van der Waals surface area contributed by atoms with Gasteiger partial charge in [-0.2, -0.15) is 5.10 Å². The van der Waals surface area contributed by atoms with E-state index in [2.05, 4.69) is 41.0 Å². The fourth-order valence-electron chi connectivity index (χ4n) is 2.70. The van der Waals surface area contributed by atoms with Crippen LogP contribution in [0.5, 0.6) is 0 Å². The van der Waals surface area contributed by atoms with Crippen molar-refractivity contribution in [2.24, 2.45) is 5.92 Å². The van der Waals surface area contributed by atoms with Crippen LogP contribution >= 0.6 is 11.3 Å². The molecule has 2 aromatic heterocycles. The highest BCUT2D eigenvalue weighted by Gasteiger charge is 2.30. The highest BCUT2D eigenvalue weighted by atomic mass is 32.1. The molecule has 0 amide bonds. The molecule has 3 rings (SSSR count). The van der Waals surface area contributed by atoms with Crippen LogP contribution in [0.1, 0.15) is 29.9 Å². The molecule has 2 unspecified atom stereocenters. The number of nitrogens with zero attached hydrogens (tertiary/aromatic N) is 2. The molecule has 0 saturated carbocycles. The van der Waals surface area contributed by atoms with Crippen LogP contribution in [0.25, 0.3) is 0 Å². The van der Waals surface area contributed by atoms with Crippen LogP contribution < -0.4 is 5.32 Å². The maximum absolute atomic E-state index is 5.91. The Morgan fingerprint density at radius 1 is 1.55 bits per heavy atom. The summed E-state index contributed by atoms with van der Waals surface area (Å²) in [4.78, 5) is 1.39. The molecule has 1 aliphatic rings. The lowest BCUT2D eigenvalue weighted by Gasteiger charge is -2.17. The Bertz CT molecular complexity index is 523. The lowest BCUT2D eigenvalue weighted by atomic mass is 9.97. The molecule has 20 heavy (non-hydrogen) atoms. The maximum atomic E-state index is 5.91. The highest BCUT2D eigenvalue weighted by molar-refractivity contribution is 7.09. The van der Waals surface area contributed by atoms with Crippen molar-refractivity contribution in [3.63, 3.8) is 0 Å². The monoisotopic (exact) mass is 291 g/mol. The summed E-state index contributed by atoms with van der Waals surface area (Å²) in [5.74, 6) is 0.546. The van der Waals surface area contributed by atoms with Gasteiger partial charge in [0, 0.05) is 48.8 Å². The molecule has 2 atom stereocenters. The predicted octanol–water partition coefficient (Wildman–Crippen LogP) is 2.83. The Morgan fingerprint density at radius 3 is 3.25 bits per heavy atom. The Kier molecular flexibility index (Phi) is 4.50. The van der Waals surface area contributed by atoms with E-state index >= 15 is 0 Å². The molecule has 2 aromatic rings. The number of aryl methyl sites for hydroxylation is 1.